The average Bonchev–Trinajstić information content (AvgIpc) is 3.10. The zero-order chi connectivity index (χ0) is 46.2. The van der Waals surface area contributed by atoms with E-state index < -0.39 is 138 Å². The van der Waals surface area contributed by atoms with Gasteiger partial charge in [-0.2, -0.15) is 0 Å². The Kier molecular flexibility index (Phi) is 32.6. The molecule has 0 aliphatic carbocycles. The van der Waals surface area contributed by atoms with Crippen molar-refractivity contribution < 1.29 is 135 Å². The predicted molar refractivity (Wildman–Crippen MR) is 195 cm³/mol. The summed E-state index contributed by atoms with van der Waals surface area (Å²) in [5.41, 5.74) is 0. The molecule has 0 fully saturated rings. The van der Waals surface area contributed by atoms with Gasteiger partial charge in [0, 0.05) is 0 Å². The van der Waals surface area contributed by atoms with Crippen LogP contribution in [0.1, 0.15) is 7.43 Å². The highest BCUT2D eigenvalue weighted by atomic mass is 31.2. The number of quaternary nitrogens is 1. The Hall–Kier alpha value is 0.380. The molecule has 0 aliphatic rings. The highest BCUT2D eigenvalue weighted by Gasteiger charge is 2.26. The lowest BCUT2D eigenvalue weighted by atomic mass is 10.4. The Morgan fingerprint density at radius 1 is 0.492 bits per heavy atom. The summed E-state index contributed by atoms with van der Waals surface area (Å²) < 4.78 is 137. The van der Waals surface area contributed by atoms with Crippen molar-refractivity contribution >= 4 is 46.9 Å². The molecule has 37 heteroatoms. The van der Waals surface area contributed by atoms with Crippen molar-refractivity contribution in [2.75, 3.05) is 135 Å². The summed E-state index contributed by atoms with van der Waals surface area (Å²) in [7, 11) is -23.2. The van der Waals surface area contributed by atoms with Gasteiger partial charge in [-0.1, -0.05) is 7.43 Å². The SMILES string of the molecule is C.CNCOCC(COP(=O)([O-])OCCOP(=O)([O-])OCCOP(=O)([O-])OC(COC[N+](C)(C)C)COP(=O)([O-])OCCOP(=O)([O-])OC(CO)COCNC)OP(=O)(O)O. The normalized spacial score (nSPS) is 19.0. The summed E-state index contributed by atoms with van der Waals surface area (Å²) >= 11 is 0. The highest BCUT2D eigenvalue weighted by Crippen LogP contribution is 2.45. The van der Waals surface area contributed by atoms with Gasteiger partial charge >= 0.3 is 7.82 Å². The summed E-state index contributed by atoms with van der Waals surface area (Å²) in [6.07, 6.45) is -4.61. The lowest BCUT2D eigenvalue weighted by molar-refractivity contribution is -0.890. The molecule has 0 aliphatic heterocycles. The molecule has 5 N–H and O–H groups in total. The van der Waals surface area contributed by atoms with Crippen molar-refractivity contribution in [3.8, 4) is 0 Å². The quantitative estimate of drug-likeness (QED) is 0.0171. The Morgan fingerprint density at radius 3 is 1.15 bits per heavy atom. The van der Waals surface area contributed by atoms with Crippen LogP contribution < -0.4 is 35.1 Å². The van der Waals surface area contributed by atoms with E-state index in [-0.39, 0.29) is 38.7 Å². The molecule has 8 unspecified atom stereocenters. The molecular formula is C24H57N3O28P6-4. The zero-order valence-electron chi connectivity index (χ0n) is 33.0. The van der Waals surface area contributed by atoms with Gasteiger partial charge in [0.05, 0.1) is 114 Å². The first-order valence-electron chi connectivity index (χ1n) is 16.8. The molecule has 0 saturated heterocycles. The second kappa shape index (κ2) is 31.4. The highest BCUT2D eigenvalue weighted by molar-refractivity contribution is 7.47. The molecule has 0 radical (unpaired) electrons. The monoisotopic (exact) mass is 1020 g/mol. The first-order valence-corrected chi connectivity index (χ1v) is 25.6. The lowest BCUT2D eigenvalue weighted by Gasteiger charge is -2.31. The van der Waals surface area contributed by atoms with E-state index in [4.69, 9.17) is 28.5 Å². The molecule has 8 atom stereocenters. The van der Waals surface area contributed by atoms with Crippen LogP contribution in [-0.2, 0) is 91.4 Å². The Bertz CT molecular complexity index is 1470. The van der Waals surface area contributed by atoms with Gasteiger partial charge in [-0.25, -0.2) is 4.57 Å². The minimum Gasteiger partial charge on any atom is -0.756 e. The number of aliphatic hydroxyl groups is 1. The van der Waals surface area contributed by atoms with Crippen LogP contribution in [-0.4, -0.2) is 172 Å². The van der Waals surface area contributed by atoms with E-state index in [2.05, 4.69) is 55.9 Å². The number of nitrogens with zero attached hydrogens (tertiary/aromatic N) is 1. The maximum atomic E-state index is 12.5. The molecule has 0 heterocycles. The van der Waals surface area contributed by atoms with E-state index in [0.717, 1.165) is 0 Å². The van der Waals surface area contributed by atoms with Gasteiger partial charge in [-0.15, -0.1) is 0 Å². The molecule has 0 rings (SSSR count). The molecule has 0 saturated carbocycles. The molecule has 31 nitrogen and oxygen atoms in total. The molecule has 0 bridgehead atoms. The van der Waals surface area contributed by atoms with Crippen LogP contribution in [0.2, 0.25) is 0 Å². The fraction of sp³-hybridized carbons (Fsp3) is 1.00. The molecule has 0 aromatic rings. The van der Waals surface area contributed by atoms with Gasteiger partial charge < -0.3 is 103 Å². The van der Waals surface area contributed by atoms with Gasteiger partial charge in [0.15, 0.2) is 6.73 Å². The molecular weight excluding hydrogens is 964 g/mol. The van der Waals surface area contributed by atoms with Gasteiger partial charge in [0.25, 0.3) is 39.1 Å². The number of nitrogens with one attached hydrogen (secondary N) is 2. The third kappa shape index (κ3) is 38.2. The minimum absolute atomic E-state index is 0. The second-order valence-electron chi connectivity index (χ2n) is 12.2. The van der Waals surface area contributed by atoms with Crippen molar-refractivity contribution in [1.82, 2.24) is 10.6 Å². The smallest absolute Gasteiger partial charge is 0.470 e. The van der Waals surface area contributed by atoms with Crippen molar-refractivity contribution in [1.29, 1.82) is 0 Å². The first kappa shape index (κ1) is 63.5. The topological polar surface area (TPSA) is 432 Å². The summed E-state index contributed by atoms with van der Waals surface area (Å²) in [5, 5.41) is 14.4. The van der Waals surface area contributed by atoms with Gasteiger partial charge in [-0.05, 0) is 14.1 Å². The molecule has 0 spiro atoms. The number of phosphoric ester groups is 6. The molecule has 370 valence electrons. The summed E-state index contributed by atoms with van der Waals surface area (Å²) in [6.45, 7) is -10.1. The third-order valence-electron chi connectivity index (χ3n) is 5.51. The fourth-order valence-corrected chi connectivity index (χ4v) is 7.67. The number of hydrogen-bond acceptors (Lipinski definition) is 28. The van der Waals surface area contributed by atoms with E-state index in [1.165, 1.54) is 7.05 Å². The van der Waals surface area contributed by atoms with Crippen LogP contribution in [0.5, 0.6) is 0 Å². The zero-order valence-corrected chi connectivity index (χ0v) is 38.4. The van der Waals surface area contributed by atoms with Crippen LogP contribution >= 0.6 is 46.9 Å². The van der Waals surface area contributed by atoms with E-state index in [0.29, 0.717) is 0 Å². The van der Waals surface area contributed by atoms with E-state index >= 15 is 0 Å². The third-order valence-corrected chi connectivity index (χ3v) is 11.1. The van der Waals surface area contributed by atoms with Crippen LogP contribution in [0.15, 0.2) is 0 Å². The van der Waals surface area contributed by atoms with E-state index in [9.17, 15) is 57.0 Å². The molecule has 0 aromatic heterocycles. The average molecular weight is 1020 g/mol. The number of rotatable bonds is 40. The fourth-order valence-electron chi connectivity index (χ4n) is 3.35. The number of aliphatic hydroxyl groups excluding tert-OH is 1. The maximum Gasteiger partial charge on any atom is 0.470 e. The van der Waals surface area contributed by atoms with E-state index in [1.807, 2.05) is 0 Å². The largest absolute Gasteiger partial charge is 0.756 e. The van der Waals surface area contributed by atoms with Gasteiger partial charge in [-0.3, -0.25) is 38.0 Å². The van der Waals surface area contributed by atoms with E-state index in [1.54, 1.807) is 28.2 Å². The van der Waals surface area contributed by atoms with Crippen molar-refractivity contribution in [3.05, 3.63) is 0 Å². The number of ether oxygens (including phenoxy) is 3. The molecule has 0 amide bonds. The lowest BCUT2D eigenvalue weighted by Crippen LogP contribution is -2.38. The number of phosphoric acid groups is 6. The Balaban J connectivity index is 0. The second-order valence-corrected chi connectivity index (χ2v) is 20.4. The van der Waals surface area contributed by atoms with Crippen molar-refractivity contribution in [2.24, 2.45) is 0 Å². The number of hydrogen-bond donors (Lipinski definition) is 5. The first-order chi connectivity index (χ1) is 27.5. The van der Waals surface area contributed by atoms with Gasteiger partial charge in [0.1, 0.15) is 18.3 Å². The predicted octanol–water partition coefficient (Wildman–Crippen LogP) is -3.59. The Morgan fingerprint density at radius 2 is 0.803 bits per heavy atom. The van der Waals surface area contributed by atoms with Crippen LogP contribution in [0.3, 0.4) is 0 Å². The van der Waals surface area contributed by atoms with Crippen LogP contribution in [0.25, 0.3) is 0 Å². The summed E-state index contributed by atoms with van der Waals surface area (Å²) in [4.78, 5) is 78.5. The minimum atomic E-state index is -5.39. The molecule has 0 aromatic carbocycles. The van der Waals surface area contributed by atoms with Crippen molar-refractivity contribution in [3.63, 3.8) is 0 Å². The Labute approximate surface area is 352 Å². The van der Waals surface area contributed by atoms with Gasteiger partial charge in [0.2, 0.25) is 0 Å². The van der Waals surface area contributed by atoms with Crippen molar-refractivity contribution in [2.45, 2.75) is 25.7 Å². The molecule has 61 heavy (non-hydrogen) atoms. The summed E-state index contributed by atoms with van der Waals surface area (Å²) in [5.74, 6) is 0. The standard InChI is InChI=1S/C23H57N3O28P6.CH4/c1-24-18-41-13-21(12-27)53-59(37,38)48-11-9-47-58(35,36)51-17-23(15-43-20-26(3,4)5)54-60(39,40)49-10-8-45-56(31,32)44-6-7-46-57(33,34)50-16-22(14-42-19-25-2)52-55(28,29)30;/h21-25,27H,6-20H2,1-5H3,(H6-,28,29,30,31,32,33,34,35,36,37,38,39,40);1H4/p-4. The van der Waals surface area contributed by atoms with Crippen LogP contribution in [0.4, 0.5) is 0 Å². The maximum absolute atomic E-state index is 12.5. The van der Waals surface area contributed by atoms with Crippen LogP contribution in [0, 0.1) is 0 Å². The summed E-state index contributed by atoms with van der Waals surface area (Å²) in [6, 6.07) is 0.